The first-order chi connectivity index (χ1) is 10.3. The molecule has 0 atom stereocenters. The summed E-state index contributed by atoms with van der Waals surface area (Å²) in [6.07, 6.45) is 2.76. The molecule has 5 heteroatoms. The van der Waals surface area contributed by atoms with E-state index in [1.54, 1.807) is 16.4 Å². The summed E-state index contributed by atoms with van der Waals surface area (Å²) in [5.74, 6) is 0. The third-order valence-corrected chi connectivity index (χ3v) is 3.88. The van der Waals surface area contributed by atoms with Crippen molar-refractivity contribution >= 4 is 18.0 Å². The molecule has 1 heterocycles. The number of hydrogen-bond donors (Lipinski definition) is 0. The summed E-state index contributed by atoms with van der Waals surface area (Å²) in [6.45, 7) is 0. The Morgan fingerprint density at radius 3 is 2.62 bits per heavy atom. The lowest BCUT2D eigenvalue weighted by Gasteiger charge is -2.08. The number of rotatable bonds is 4. The largest absolute Gasteiger partial charge is 0.296 e. The van der Waals surface area contributed by atoms with E-state index >= 15 is 0 Å². The van der Waals surface area contributed by atoms with Crippen molar-refractivity contribution in [1.82, 2.24) is 15.0 Å². The van der Waals surface area contributed by atoms with Gasteiger partial charge >= 0.3 is 0 Å². The third-order valence-electron chi connectivity index (χ3n) is 3.15. The van der Waals surface area contributed by atoms with E-state index in [-0.39, 0.29) is 0 Å². The molecule has 0 amide bonds. The molecule has 4 nitrogen and oxygen atoms in total. The number of thioether (sulfide) groups is 1. The van der Waals surface area contributed by atoms with Crippen molar-refractivity contribution in [1.29, 1.82) is 0 Å². The van der Waals surface area contributed by atoms with Gasteiger partial charge in [-0.1, -0.05) is 41.6 Å². The van der Waals surface area contributed by atoms with E-state index in [2.05, 4.69) is 10.3 Å². The molecule has 0 fully saturated rings. The van der Waals surface area contributed by atoms with Crippen LogP contribution >= 0.6 is 11.8 Å². The molecular formula is C16H13N3OS. The SMILES string of the molecule is CSc1cccc(-n2nnc(C=O)c2-c2ccccc2)c1. The summed E-state index contributed by atoms with van der Waals surface area (Å²) in [5.41, 5.74) is 2.86. The van der Waals surface area contributed by atoms with Gasteiger partial charge in [0.2, 0.25) is 0 Å². The molecule has 0 radical (unpaired) electrons. The molecule has 0 N–H and O–H groups in total. The molecule has 3 aromatic rings. The van der Waals surface area contributed by atoms with Gasteiger partial charge in [0, 0.05) is 10.5 Å². The van der Waals surface area contributed by atoms with E-state index in [4.69, 9.17) is 0 Å². The van der Waals surface area contributed by atoms with Crippen LogP contribution in [0.5, 0.6) is 0 Å². The van der Waals surface area contributed by atoms with Crippen LogP contribution in [0.3, 0.4) is 0 Å². The standard InChI is InChI=1S/C16H13N3OS/c1-21-14-9-5-8-13(10-14)19-16(15(11-20)17-18-19)12-6-3-2-4-7-12/h2-11H,1H3. The number of aromatic nitrogens is 3. The Morgan fingerprint density at radius 2 is 1.90 bits per heavy atom. The number of nitrogens with zero attached hydrogens (tertiary/aromatic N) is 3. The summed E-state index contributed by atoms with van der Waals surface area (Å²) in [5, 5.41) is 8.12. The third kappa shape index (κ3) is 2.60. The average Bonchev–Trinajstić information content (AvgIpc) is 2.99. The highest BCUT2D eigenvalue weighted by molar-refractivity contribution is 7.98. The zero-order valence-electron chi connectivity index (χ0n) is 11.4. The molecule has 104 valence electrons. The Labute approximate surface area is 126 Å². The molecule has 21 heavy (non-hydrogen) atoms. The van der Waals surface area contributed by atoms with Crippen LogP contribution in [0.2, 0.25) is 0 Å². The summed E-state index contributed by atoms with van der Waals surface area (Å²) in [6, 6.07) is 17.7. The van der Waals surface area contributed by atoms with Crippen LogP contribution in [0.1, 0.15) is 10.5 Å². The normalized spacial score (nSPS) is 10.5. The molecule has 0 unspecified atom stereocenters. The highest BCUT2D eigenvalue weighted by Crippen LogP contribution is 2.26. The van der Waals surface area contributed by atoms with Crippen LogP contribution in [0.25, 0.3) is 16.9 Å². The van der Waals surface area contributed by atoms with Crippen molar-refractivity contribution in [2.75, 3.05) is 6.26 Å². The number of benzene rings is 2. The van der Waals surface area contributed by atoms with Gasteiger partial charge in [0.15, 0.2) is 12.0 Å². The second-order valence-corrected chi connectivity index (χ2v) is 5.30. The van der Waals surface area contributed by atoms with Gasteiger partial charge in [-0.3, -0.25) is 4.79 Å². The molecule has 0 saturated heterocycles. The summed E-state index contributed by atoms with van der Waals surface area (Å²) >= 11 is 1.66. The highest BCUT2D eigenvalue weighted by Gasteiger charge is 2.15. The minimum atomic E-state index is 0.343. The zero-order valence-corrected chi connectivity index (χ0v) is 12.2. The van der Waals surface area contributed by atoms with Gasteiger partial charge in [0.25, 0.3) is 0 Å². The van der Waals surface area contributed by atoms with Gasteiger partial charge < -0.3 is 0 Å². The molecule has 0 aliphatic heterocycles. The fourth-order valence-electron chi connectivity index (χ4n) is 2.16. The van der Waals surface area contributed by atoms with Crippen molar-refractivity contribution in [3.63, 3.8) is 0 Å². The number of aldehydes is 1. The molecule has 1 aromatic heterocycles. The maximum Gasteiger partial charge on any atom is 0.172 e. The molecule has 0 saturated carbocycles. The molecule has 3 rings (SSSR count). The smallest absolute Gasteiger partial charge is 0.172 e. The molecule has 0 bridgehead atoms. The van der Waals surface area contributed by atoms with Crippen LogP contribution in [-0.4, -0.2) is 27.5 Å². The van der Waals surface area contributed by atoms with E-state index in [1.165, 1.54) is 0 Å². The summed E-state index contributed by atoms with van der Waals surface area (Å²) in [7, 11) is 0. The van der Waals surface area contributed by atoms with Crippen LogP contribution in [0.15, 0.2) is 59.5 Å². The van der Waals surface area contributed by atoms with Crippen molar-refractivity contribution in [3.05, 3.63) is 60.3 Å². The highest BCUT2D eigenvalue weighted by atomic mass is 32.2. The fraction of sp³-hybridized carbons (Fsp3) is 0.0625. The second-order valence-electron chi connectivity index (χ2n) is 4.42. The van der Waals surface area contributed by atoms with E-state index in [0.717, 1.165) is 22.4 Å². The van der Waals surface area contributed by atoms with Gasteiger partial charge in [-0.15, -0.1) is 16.9 Å². The zero-order chi connectivity index (χ0) is 14.7. The number of carbonyl (C=O) groups is 1. The number of carbonyl (C=O) groups excluding carboxylic acids is 1. The first-order valence-corrected chi connectivity index (χ1v) is 7.66. The lowest BCUT2D eigenvalue weighted by molar-refractivity contribution is 0.111. The Balaban J connectivity index is 2.20. The van der Waals surface area contributed by atoms with E-state index < -0.39 is 0 Å². The van der Waals surface area contributed by atoms with Crippen molar-refractivity contribution in [3.8, 4) is 16.9 Å². The van der Waals surface area contributed by atoms with Crippen molar-refractivity contribution in [2.24, 2.45) is 0 Å². The van der Waals surface area contributed by atoms with Crippen LogP contribution in [-0.2, 0) is 0 Å². The fourth-order valence-corrected chi connectivity index (χ4v) is 2.62. The molecule has 0 aliphatic carbocycles. The molecule has 0 aliphatic rings. The van der Waals surface area contributed by atoms with E-state index in [9.17, 15) is 4.79 Å². The van der Waals surface area contributed by atoms with Gasteiger partial charge in [-0.2, -0.15) is 0 Å². The van der Waals surface area contributed by atoms with Crippen LogP contribution in [0.4, 0.5) is 0 Å². The van der Waals surface area contributed by atoms with Gasteiger partial charge in [-0.05, 0) is 24.5 Å². The van der Waals surface area contributed by atoms with Crippen LogP contribution in [0, 0.1) is 0 Å². The monoisotopic (exact) mass is 295 g/mol. The first kappa shape index (κ1) is 13.6. The van der Waals surface area contributed by atoms with Crippen molar-refractivity contribution in [2.45, 2.75) is 4.90 Å². The van der Waals surface area contributed by atoms with Crippen LogP contribution < -0.4 is 0 Å². The Bertz CT molecular complexity index is 768. The number of hydrogen-bond acceptors (Lipinski definition) is 4. The first-order valence-electron chi connectivity index (χ1n) is 6.44. The lowest BCUT2D eigenvalue weighted by atomic mass is 10.1. The Hall–Kier alpha value is -2.40. The summed E-state index contributed by atoms with van der Waals surface area (Å²) < 4.78 is 1.71. The summed E-state index contributed by atoms with van der Waals surface area (Å²) in [4.78, 5) is 12.4. The van der Waals surface area contributed by atoms with E-state index in [1.807, 2.05) is 60.9 Å². The quantitative estimate of drug-likeness (QED) is 0.546. The second kappa shape index (κ2) is 5.93. The van der Waals surface area contributed by atoms with Gasteiger partial charge in [0.1, 0.15) is 5.69 Å². The maximum absolute atomic E-state index is 11.2. The van der Waals surface area contributed by atoms with E-state index in [0.29, 0.717) is 11.4 Å². The van der Waals surface area contributed by atoms with Gasteiger partial charge in [0.05, 0.1) is 5.69 Å². The Morgan fingerprint density at radius 1 is 1.10 bits per heavy atom. The predicted molar refractivity (Wildman–Crippen MR) is 84.0 cm³/mol. The van der Waals surface area contributed by atoms with Crippen molar-refractivity contribution < 1.29 is 4.79 Å². The maximum atomic E-state index is 11.2. The Kier molecular flexibility index (Phi) is 3.83. The minimum absolute atomic E-state index is 0.343. The molecule has 2 aromatic carbocycles. The topological polar surface area (TPSA) is 47.8 Å². The molecule has 0 spiro atoms. The van der Waals surface area contributed by atoms with Gasteiger partial charge in [-0.25, -0.2) is 4.68 Å². The predicted octanol–water partition coefficient (Wildman–Crippen LogP) is 3.47. The average molecular weight is 295 g/mol. The minimum Gasteiger partial charge on any atom is -0.296 e. The lowest BCUT2D eigenvalue weighted by Crippen LogP contribution is -2.00. The molecular weight excluding hydrogens is 282 g/mol.